The fraction of sp³-hybridized carbons (Fsp3) is 0.500. The molecule has 0 spiro atoms. The number of hydrazone groups is 1. The lowest BCUT2D eigenvalue weighted by Crippen LogP contribution is -2.43. The van der Waals surface area contributed by atoms with E-state index in [1.54, 1.807) is 24.3 Å². The molecule has 1 heterocycles. The van der Waals surface area contributed by atoms with Gasteiger partial charge in [0.2, 0.25) is 5.91 Å². The number of ether oxygens (including phenoxy) is 1. The maximum Gasteiger partial charge on any atom is 0.355 e. The Morgan fingerprint density at radius 3 is 2.67 bits per heavy atom. The van der Waals surface area contributed by atoms with Gasteiger partial charge in [-0.1, -0.05) is 38.0 Å². The van der Waals surface area contributed by atoms with Gasteiger partial charge in [-0.2, -0.15) is 5.10 Å². The topological polar surface area (TPSA) is 88.1 Å². The van der Waals surface area contributed by atoms with E-state index in [4.69, 9.17) is 4.74 Å². The van der Waals surface area contributed by atoms with Crippen LogP contribution in [-0.2, 0) is 19.1 Å². The standard InChI is InChI=1S/C20H25N3O4/c1-14-7-5-6-10-16(14)21-18(24)13-27-20(26)17-11-12-19(25)23(22-17)15-8-3-2-4-9-15/h2-4,8-9,14,16H,5-7,10-13H2,1H3,(H,21,24)/t14-,16+/m1/s1. The molecule has 1 aromatic carbocycles. The molecule has 0 radical (unpaired) electrons. The van der Waals surface area contributed by atoms with Gasteiger partial charge >= 0.3 is 5.97 Å². The zero-order valence-electron chi connectivity index (χ0n) is 15.5. The summed E-state index contributed by atoms with van der Waals surface area (Å²) in [6.07, 6.45) is 4.75. The summed E-state index contributed by atoms with van der Waals surface area (Å²) >= 11 is 0. The summed E-state index contributed by atoms with van der Waals surface area (Å²) in [5, 5.41) is 8.29. The SMILES string of the molecule is C[C@@H]1CCCC[C@@H]1NC(=O)COC(=O)C1=NN(c2ccccc2)C(=O)CC1. The number of benzene rings is 1. The van der Waals surface area contributed by atoms with Crippen molar-refractivity contribution in [3.63, 3.8) is 0 Å². The third-order valence-electron chi connectivity index (χ3n) is 5.06. The molecule has 1 fully saturated rings. The van der Waals surface area contributed by atoms with Crippen LogP contribution in [-0.4, -0.2) is 36.1 Å². The third-order valence-corrected chi connectivity index (χ3v) is 5.06. The van der Waals surface area contributed by atoms with Crippen molar-refractivity contribution in [2.24, 2.45) is 11.0 Å². The molecule has 2 atom stereocenters. The maximum atomic E-state index is 12.3. The lowest BCUT2D eigenvalue weighted by atomic mass is 9.86. The number of hydrogen-bond donors (Lipinski definition) is 1. The molecule has 1 aromatic rings. The number of amides is 2. The van der Waals surface area contributed by atoms with Crippen LogP contribution in [0.4, 0.5) is 5.69 Å². The highest BCUT2D eigenvalue weighted by atomic mass is 16.5. The first-order valence-corrected chi connectivity index (χ1v) is 9.46. The van der Waals surface area contributed by atoms with Crippen LogP contribution in [0.3, 0.4) is 0 Å². The second kappa shape index (κ2) is 8.79. The van der Waals surface area contributed by atoms with Gasteiger partial charge in [-0.3, -0.25) is 9.59 Å². The zero-order chi connectivity index (χ0) is 19.2. The Morgan fingerprint density at radius 2 is 1.93 bits per heavy atom. The van der Waals surface area contributed by atoms with E-state index in [9.17, 15) is 14.4 Å². The minimum absolute atomic E-state index is 0.142. The van der Waals surface area contributed by atoms with E-state index in [1.807, 2.05) is 6.07 Å². The smallest absolute Gasteiger partial charge is 0.355 e. The van der Waals surface area contributed by atoms with Gasteiger partial charge in [0.25, 0.3) is 5.91 Å². The third kappa shape index (κ3) is 4.93. The maximum absolute atomic E-state index is 12.3. The van der Waals surface area contributed by atoms with Crippen molar-refractivity contribution in [3.8, 4) is 0 Å². The Bertz CT molecular complexity index is 732. The van der Waals surface area contributed by atoms with E-state index in [1.165, 1.54) is 11.4 Å². The fourth-order valence-corrected chi connectivity index (χ4v) is 3.47. The number of anilines is 1. The van der Waals surface area contributed by atoms with Crippen molar-refractivity contribution < 1.29 is 19.1 Å². The highest BCUT2D eigenvalue weighted by Gasteiger charge is 2.27. The van der Waals surface area contributed by atoms with E-state index in [2.05, 4.69) is 17.3 Å². The normalized spacial score (nSPS) is 22.8. The zero-order valence-corrected chi connectivity index (χ0v) is 15.5. The van der Waals surface area contributed by atoms with Gasteiger partial charge in [0.1, 0.15) is 5.71 Å². The van der Waals surface area contributed by atoms with Gasteiger partial charge in [0.05, 0.1) is 5.69 Å². The number of nitrogens with one attached hydrogen (secondary N) is 1. The summed E-state index contributed by atoms with van der Waals surface area (Å²) in [5.74, 6) is -0.696. The van der Waals surface area contributed by atoms with Crippen molar-refractivity contribution >= 4 is 29.2 Å². The summed E-state index contributed by atoms with van der Waals surface area (Å²) in [7, 11) is 0. The molecule has 7 nitrogen and oxygen atoms in total. The minimum Gasteiger partial charge on any atom is -0.451 e. The van der Waals surface area contributed by atoms with E-state index < -0.39 is 5.97 Å². The van der Waals surface area contributed by atoms with E-state index >= 15 is 0 Å². The van der Waals surface area contributed by atoms with Crippen LogP contribution < -0.4 is 10.3 Å². The average molecular weight is 371 g/mol. The van der Waals surface area contributed by atoms with Crippen LogP contribution >= 0.6 is 0 Å². The first-order chi connectivity index (χ1) is 13.0. The molecule has 3 rings (SSSR count). The molecule has 2 amide bonds. The molecule has 1 saturated carbocycles. The van der Waals surface area contributed by atoms with E-state index in [-0.39, 0.29) is 43.0 Å². The lowest BCUT2D eigenvalue weighted by Gasteiger charge is -2.29. The number of carbonyl (C=O) groups excluding carboxylic acids is 3. The van der Waals surface area contributed by atoms with E-state index in [0.717, 1.165) is 19.3 Å². The van der Waals surface area contributed by atoms with Gasteiger partial charge in [-0.25, -0.2) is 9.80 Å². The Kier molecular flexibility index (Phi) is 6.21. The molecule has 0 saturated heterocycles. The van der Waals surface area contributed by atoms with Crippen LogP contribution in [0.15, 0.2) is 35.4 Å². The molecule has 1 aliphatic carbocycles. The monoisotopic (exact) mass is 371 g/mol. The highest BCUT2D eigenvalue weighted by Crippen LogP contribution is 2.23. The number of carbonyl (C=O) groups is 3. The fourth-order valence-electron chi connectivity index (χ4n) is 3.47. The van der Waals surface area contributed by atoms with Crippen LogP contribution in [0, 0.1) is 5.92 Å². The number of para-hydroxylation sites is 1. The summed E-state index contributed by atoms with van der Waals surface area (Å²) in [6, 6.07) is 9.05. The molecule has 0 unspecified atom stereocenters. The van der Waals surface area contributed by atoms with Crippen LogP contribution in [0.1, 0.15) is 45.4 Å². The summed E-state index contributed by atoms with van der Waals surface area (Å²) in [4.78, 5) is 36.4. The predicted octanol–water partition coefficient (Wildman–Crippen LogP) is 2.41. The Balaban J connectivity index is 1.55. The second-order valence-electron chi connectivity index (χ2n) is 7.10. The molecule has 1 N–H and O–H groups in total. The molecule has 27 heavy (non-hydrogen) atoms. The largest absolute Gasteiger partial charge is 0.451 e. The average Bonchev–Trinajstić information content (AvgIpc) is 2.69. The predicted molar refractivity (Wildman–Crippen MR) is 101 cm³/mol. The molecular formula is C20H25N3O4. The summed E-state index contributed by atoms with van der Waals surface area (Å²) in [6.45, 7) is 1.79. The van der Waals surface area contributed by atoms with Crippen LogP contribution in [0.5, 0.6) is 0 Å². The minimum atomic E-state index is -0.657. The molecule has 7 heteroatoms. The molecular weight excluding hydrogens is 346 g/mol. The molecule has 2 aliphatic rings. The van der Waals surface area contributed by atoms with Crippen molar-refractivity contribution in [3.05, 3.63) is 30.3 Å². The number of nitrogens with zero attached hydrogens (tertiary/aromatic N) is 2. The number of esters is 1. The Labute approximate surface area is 158 Å². The lowest BCUT2D eigenvalue weighted by molar-refractivity contribution is -0.142. The van der Waals surface area contributed by atoms with Crippen molar-refractivity contribution in [1.29, 1.82) is 0 Å². The number of hydrogen-bond acceptors (Lipinski definition) is 5. The quantitative estimate of drug-likeness (QED) is 0.805. The van der Waals surface area contributed by atoms with Gasteiger partial charge in [0, 0.05) is 18.9 Å². The molecule has 1 aliphatic heterocycles. The van der Waals surface area contributed by atoms with Gasteiger partial charge in [0.15, 0.2) is 6.61 Å². The first-order valence-electron chi connectivity index (χ1n) is 9.46. The molecule has 144 valence electrons. The van der Waals surface area contributed by atoms with E-state index in [0.29, 0.717) is 11.6 Å². The number of rotatable bonds is 5. The summed E-state index contributed by atoms with van der Waals surface area (Å²) < 4.78 is 5.12. The molecule has 0 aromatic heterocycles. The van der Waals surface area contributed by atoms with Gasteiger partial charge in [-0.15, -0.1) is 0 Å². The van der Waals surface area contributed by atoms with Gasteiger partial charge in [-0.05, 0) is 30.9 Å². The van der Waals surface area contributed by atoms with Crippen LogP contribution in [0.2, 0.25) is 0 Å². The summed E-state index contributed by atoms with van der Waals surface area (Å²) in [5.41, 5.74) is 0.744. The van der Waals surface area contributed by atoms with Crippen molar-refractivity contribution in [1.82, 2.24) is 5.32 Å². The van der Waals surface area contributed by atoms with Crippen molar-refractivity contribution in [2.75, 3.05) is 11.6 Å². The highest BCUT2D eigenvalue weighted by molar-refractivity contribution is 6.38. The Morgan fingerprint density at radius 1 is 1.19 bits per heavy atom. The Hall–Kier alpha value is -2.70. The first kappa shape index (κ1) is 19.1. The molecule has 0 bridgehead atoms. The second-order valence-corrected chi connectivity index (χ2v) is 7.10. The van der Waals surface area contributed by atoms with Crippen molar-refractivity contribution in [2.45, 2.75) is 51.5 Å². The van der Waals surface area contributed by atoms with Crippen LogP contribution in [0.25, 0.3) is 0 Å². The van der Waals surface area contributed by atoms with Gasteiger partial charge < -0.3 is 10.1 Å².